The monoisotopic (exact) mass is 310 g/mol. The number of amides is 1. The summed E-state index contributed by atoms with van der Waals surface area (Å²) >= 11 is 0. The van der Waals surface area contributed by atoms with Gasteiger partial charge < -0.3 is 20.5 Å². The molecule has 1 unspecified atom stereocenters. The molecule has 1 aromatic carbocycles. The van der Waals surface area contributed by atoms with Gasteiger partial charge in [0.25, 0.3) is 0 Å². The highest BCUT2D eigenvalue weighted by Crippen LogP contribution is 2.21. The van der Waals surface area contributed by atoms with Crippen molar-refractivity contribution in [3.8, 4) is 0 Å². The van der Waals surface area contributed by atoms with Crippen LogP contribution in [0.2, 0.25) is 0 Å². The van der Waals surface area contributed by atoms with Gasteiger partial charge in [-0.3, -0.25) is 4.79 Å². The van der Waals surface area contributed by atoms with Gasteiger partial charge in [0, 0.05) is 13.2 Å². The number of anilines is 1. The number of ether oxygens (including phenoxy) is 2. The molecule has 0 spiro atoms. The lowest BCUT2D eigenvalue weighted by Crippen LogP contribution is -2.44. The van der Waals surface area contributed by atoms with Crippen molar-refractivity contribution in [2.45, 2.75) is 18.9 Å². The van der Waals surface area contributed by atoms with Crippen LogP contribution in [-0.4, -0.2) is 38.2 Å². The smallest absolute Gasteiger partial charge is 0.337 e. The summed E-state index contributed by atoms with van der Waals surface area (Å²) in [5, 5.41) is 2.44. The van der Waals surface area contributed by atoms with E-state index >= 15 is 0 Å². The number of rotatable bonds is 4. The van der Waals surface area contributed by atoms with Crippen LogP contribution in [-0.2, 0) is 14.3 Å². The molecule has 2 rings (SSSR count). The van der Waals surface area contributed by atoms with Crippen LogP contribution in [0.5, 0.6) is 0 Å². The van der Waals surface area contributed by atoms with E-state index in [-0.39, 0.29) is 17.2 Å². The van der Waals surface area contributed by atoms with E-state index in [1.54, 1.807) is 0 Å². The Hall–Kier alpha value is -1.99. The van der Waals surface area contributed by atoms with Crippen molar-refractivity contribution in [1.82, 2.24) is 0 Å². The predicted octanol–water partition coefficient (Wildman–Crippen LogP) is 1.30. The van der Waals surface area contributed by atoms with Crippen LogP contribution in [0, 0.1) is 11.7 Å². The van der Waals surface area contributed by atoms with Crippen LogP contribution < -0.4 is 11.1 Å². The number of methoxy groups -OCH3 is 1. The molecule has 0 bridgehead atoms. The Kier molecular flexibility index (Phi) is 5.46. The molecule has 0 aliphatic carbocycles. The molecule has 1 amide bonds. The first kappa shape index (κ1) is 16.4. The van der Waals surface area contributed by atoms with Crippen LogP contribution in [0.3, 0.4) is 0 Å². The molecule has 120 valence electrons. The fourth-order valence-electron chi connectivity index (χ4n) is 2.37. The average Bonchev–Trinajstić information content (AvgIpc) is 2.56. The lowest BCUT2D eigenvalue weighted by Gasteiger charge is -2.26. The standard InChI is InChI=1S/C15H19FN2O4/c1-21-15(20)10-2-3-11(16)12(8-10)18-14(19)13(17)9-4-6-22-7-5-9/h2-3,8-9,13H,4-7,17H2,1H3,(H,18,19). The summed E-state index contributed by atoms with van der Waals surface area (Å²) in [6, 6.07) is 2.87. The predicted molar refractivity (Wildman–Crippen MR) is 77.9 cm³/mol. The molecule has 1 aliphatic heterocycles. The number of esters is 1. The van der Waals surface area contributed by atoms with Crippen molar-refractivity contribution in [2.75, 3.05) is 25.6 Å². The van der Waals surface area contributed by atoms with Crippen molar-refractivity contribution in [3.63, 3.8) is 0 Å². The van der Waals surface area contributed by atoms with Gasteiger partial charge in [-0.1, -0.05) is 0 Å². The van der Waals surface area contributed by atoms with E-state index in [1.165, 1.54) is 19.2 Å². The van der Waals surface area contributed by atoms with Gasteiger partial charge in [-0.2, -0.15) is 0 Å². The maximum atomic E-state index is 13.8. The molecule has 7 heteroatoms. The molecular formula is C15H19FN2O4. The zero-order valence-corrected chi connectivity index (χ0v) is 12.3. The maximum Gasteiger partial charge on any atom is 0.337 e. The van der Waals surface area contributed by atoms with E-state index < -0.39 is 23.7 Å². The van der Waals surface area contributed by atoms with Crippen molar-refractivity contribution in [3.05, 3.63) is 29.6 Å². The van der Waals surface area contributed by atoms with Crippen LogP contribution >= 0.6 is 0 Å². The minimum atomic E-state index is -0.745. The van der Waals surface area contributed by atoms with E-state index in [4.69, 9.17) is 10.5 Å². The highest BCUT2D eigenvalue weighted by atomic mass is 19.1. The van der Waals surface area contributed by atoms with E-state index in [9.17, 15) is 14.0 Å². The number of nitrogens with two attached hydrogens (primary N) is 1. The maximum absolute atomic E-state index is 13.8. The summed E-state index contributed by atoms with van der Waals surface area (Å²) in [7, 11) is 1.23. The summed E-state index contributed by atoms with van der Waals surface area (Å²) < 4.78 is 23.6. The zero-order chi connectivity index (χ0) is 16.1. The lowest BCUT2D eigenvalue weighted by atomic mass is 9.92. The topological polar surface area (TPSA) is 90.7 Å². The largest absolute Gasteiger partial charge is 0.465 e. The number of hydrogen-bond donors (Lipinski definition) is 2. The molecule has 1 saturated heterocycles. The number of hydrogen-bond acceptors (Lipinski definition) is 5. The highest BCUT2D eigenvalue weighted by molar-refractivity contribution is 5.97. The molecule has 22 heavy (non-hydrogen) atoms. The second-order valence-corrected chi connectivity index (χ2v) is 5.15. The Labute approximate surface area is 127 Å². The molecule has 0 aromatic heterocycles. The Morgan fingerprint density at radius 3 is 2.73 bits per heavy atom. The first-order chi connectivity index (χ1) is 10.5. The molecule has 1 aromatic rings. The second-order valence-electron chi connectivity index (χ2n) is 5.15. The first-order valence-corrected chi connectivity index (χ1v) is 7.05. The van der Waals surface area contributed by atoms with Crippen molar-refractivity contribution < 1.29 is 23.5 Å². The normalized spacial score (nSPS) is 16.9. The number of halogens is 1. The first-order valence-electron chi connectivity index (χ1n) is 7.05. The molecule has 0 saturated carbocycles. The summed E-state index contributed by atoms with van der Waals surface area (Å²) in [5.41, 5.74) is 6.00. The lowest BCUT2D eigenvalue weighted by molar-refractivity contribution is -0.119. The Morgan fingerprint density at radius 1 is 1.41 bits per heavy atom. The average molecular weight is 310 g/mol. The number of carbonyl (C=O) groups excluding carboxylic acids is 2. The molecule has 3 N–H and O–H groups in total. The van der Waals surface area contributed by atoms with Crippen LogP contribution in [0.15, 0.2) is 18.2 Å². The molecule has 0 radical (unpaired) electrons. The summed E-state index contributed by atoms with van der Waals surface area (Å²) in [4.78, 5) is 23.6. The molecular weight excluding hydrogens is 291 g/mol. The Balaban J connectivity index is 2.08. The van der Waals surface area contributed by atoms with Crippen molar-refractivity contribution in [1.29, 1.82) is 0 Å². The SMILES string of the molecule is COC(=O)c1ccc(F)c(NC(=O)C(N)C2CCOCC2)c1. The zero-order valence-electron chi connectivity index (χ0n) is 12.3. The van der Waals surface area contributed by atoms with Gasteiger partial charge in [0.05, 0.1) is 24.4 Å². The van der Waals surface area contributed by atoms with Gasteiger partial charge in [-0.15, -0.1) is 0 Å². The molecule has 1 aliphatic rings. The fourth-order valence-corrected chi connectivity index (χ4v) is 2.37. The van der Waals surface area contributed by atoms with Gasteiger partial charge in [-0.25, -0.2) is 9.18 Å². The third kappa shape index (κ3) is 3.80. The number of nitrogens with one attached hydrogen (secondary N) is 1. The molecule has 1 heterocycles. The molecule has 6 nitrogen and oxygen atoms in total. The Bertz CT molecular complexity index is 558. The summed E-state index contributed by atoms with van der Waals surface area (Å²) in [6.07, 6.45) is 1.39. The third-order valence-corrected chi connectivity index (χ3v) is 3.72. The van der Waals surface area contributed by atoms with Crippen molar-refractivity contribution >= 4 is 17.6 Å². The van der Waals surface area contributed by atoms with Crippen LogP contribution in [0.25, 0.3) is 0 Å². The number of benzene rings is 1. The fraction of sp³-hybridized carbons (Fsp3) is 0.467. The minimum Gasteiger partial charge on any atom is -0.465 e. The molecule has 1 fully saturated rings. The Morgan fingerprint density at radius 2 is 2.09 bits per heavy atom. The quantitative estimate of drug-likeness (QED) is 0.818. The summed E-state index contributed by atoms with van der Waals surface area (Å²) in [6.45, 7) is 1.13. The van der Waals surface area contributed by atoms with Gasteiger partial charge >= 0.3 is 5.97 Å². The van der Waals surface area contributed by atoms with Gasteiger partial charge in [0.1, 0.15) is 5.82 Å². The van der Waals surface area contributed by atoms with E-state index in [0.717, 1.165) is 6.07 Å². The number of carbonyl (C=O) groups is 2. The van der Waals surface area contributed by atoms with Crippen LogP contribution in [0.1, 0.15) is 23.2 Å². The van der Waals surface area contributed by atoms with E-state index in [0.29, 0.717) is 26.1 Å². The van der Waals surface area contributed by atoms with E-state index in [1.807, 2.05) is 0 Å². The van der Waals surface area contributed by atoms with Crippen molar-refractivity contribution in [2.24, 2.45) is 11.7 Å². The van der Waals surface area contributed by atoms with E-state index in [2.05, 4.69) is 10.1 Å². The minimum absolute atomic E-state index is 0.000556. The van der Waals surface area contributed by atoms with Gasteiger partial charge in [0.2, 0.25) is 5.91 Å². The van der Waals surface area contributed by atoms with Crippen LogP contribution in [0.4, 0.5) is 10.1 Å². The highest BCUT2D eigenvalue weighted by Gasteiger charge is 2.27. The second kappa shape index (κ2) is 7.33. The van der Waals surface area contributed by atoms with Gasteiger partial charge in [0.15, 0.2) is 0 Å². The van der Waals surface area contributed by atoms with Gasteiger partial charge in [-0.05, 0) is 37.0 Å². The summed E-state index contributed by atoms with van der Waals surface area (Å²) in [5.74, 6) is -1.72. The third-order valence-electron chi connectivity index (χ3n) is 3.72. The molecule has 1 atom stereocenters.